The Labute approximate surface area is 129 Å². The predicted octanol–water partition coefficient (Wildman–Crippen LogP) is 2.78. The number of benzene rings is 1. The summed E-state index contributed by atoms with van der Waals surface area (Å²) in [6.07, 6.45) is 1.10. The van der Waals surface area contributed by atoms with E-state index >= 15 is 0 Å². The average molecular weight is 300 g/mol. The quantitative estimate of drug-likeness (QED) is 0.836. The third-order valence-electron chi connectivity index (χ3n) is 4.16. The number of anilines is 1. The third-order valence-corrected chi connectivity index (χ3v) is 5.29. The highest BCUT2D eigenvalue weighted by molar-refractivity contribution is 8.15. The first-order valence-electron chi connectivity index (χ1n) is 7.62. The van der Waals surface area contributed by atoms with Gasteiger partial charge >= 0.3 is 0 Å². The fraction of sp³-hybridized carbons (Fsp3) is 0.438. The van der Waals surface area contributed by atoms with Crippen LogP contribution < -0.4 is 10.6 Å². The number of aliphatic imine (C=N–C) groups is 1. The van der Waals surface area contributed by atoms with Crippen molar-refractivity contribution in [2.45, 2.75) is 18.6 Å². The summed E-state index contributed by atoms with van der Waals surface area (Å²) in [7, 11) is 0. The fourth-order valence-electron chi connectivity index (χ4n) is 3.12. The highest BCUT2D eigenvalue weighted by atomic mass is 32.2. The van der Waals surface area contributed by atoms with Gasteiger partial charge in [0.15, 0.2) is 0 Å². The van der Waals surface area contributed by atoms with Crippen molar-refractivity contribution in [2.24, 2.45) is 4.99 Å². The summed E-state index contributed by atoms with van der Waals surface area (Å²) >= 11 is 1.90. The largest absolute Gasteiger partial charge is 0.355 e. The van der Waals surface area contributed by atoms with Crippen LogP contribution in [-0.2, 0) is 0 Å². The standard InChI is InChI=1S/C16H20N4S/c1-11-10-12-15(20-8-6-17-7-9-20)18-13-4-2-3-5-14(13)19-16(12)21-11/h2-5,11,17-18H,6-10H2,1H3. The molecule has 2 saturated heterocycles. The van der Waals surface area contributed by atoms with Gasteiger partial charge in [-0.15, -0.1) is 11.8 Å². The van der Waals surface area contributed by atoms with E-state index in [1.165, 1.54) is 16.4 Å². The Morgan fingerprint density at radius 3 is 2.90 bits per heavy atom. The maximum atomic E-state index is 4.91. The highest BCUT2D eigenvalue weighted by Crippen LogP contribution is 2.41. The summed E-state index contributed by atoms with van der Waals surface area (Å²) in [6, 6.07) is 8.35. The molecule has 2 fully saturated rings. The van der Waals surface area contributed by atoms with Gasteiger partial charge in [-0.25, -0.2) is 4.99 Å². The number of piperazine rings is 1. The number of rotatable bonds is 1. The van der Waals surface area contributed by atoms with E-state index in [2.05, 4.69) is 46.7 Å². The van der Waals surface area contributed by atoms with Gasteiger partial charge in [-0.1, -0.05) is 19.1 Å². The van der Waals surface area contributed by atoms with Gasteiger partial charge in [0.25, 0.3) is 0 Å². The second-order valence-electron chi connectivity index (χ2n) is 5.76. The molecule has 0 aromatic heterocycles. The Bertz CT molecular complexity index is 616. The molecular weight excluding hydrogens is 280 g/mol. The summed E-state index contributed by atoms with van der Waals surface area (Å²) in [5.41, 5.74) is 3.57. The Kier molecular flexibility index (Phi) is 3.39. The van der Waals surface area contributed by atoms with Crippen molar-refractivity contribution in [3.63, 3.8) is 0 Å². The van der Waals surface area contributed by atoms with Gasteiger partial charge in [0.05, 0.1) is 11.4 Å². The van der Waals surface area contributed by atoms with Gasteiger partial charge < -0.3 is 15.5 Å². The molecule has 2 N–H and O–H groups in total. The SMILES string of the molecule is CC1CC2=C(N3CCNCC3)Nc3ccccc3N=C2S1. The Morgan fingerprint density at radius 1 is 1.24 bits per heavy atom. The summed E-state index contributed by atoms with van der Waals surface area (Å²) < 4.78 is 0. The van der Waals surface area contributed by atoms with Crippen LogP contribution in [0.4, 0.5) is 11.4 Å². The maximum absolute atomic E-state index is 4.91. The highest BCUT2D eigenvalue weighted by Gasteiger charge is 2.31. The lowest BCUT2D eigenvalue weighted by Crippen LogP contribution is -2.44. The molecule has 4 rings (SSSR count). The Balaban J connectivity index is 1.79. The predicted molar refractivity (Wildman–Crippen MR) is 90.3 cm³/mol. The van der Waals surface area contributed by atoms with Crippen LogP contribution in [0.5, 0.6) is 0 Å². The topological polar surface area (TPSA) is 39.7 Å². The molecule has 110 valence electrons. The van der Waals surface area contributed by atoms with Gasteiger partial charge in [-0.05, 0) is 18.6 Å². The first-order valence-corrected chi connectivity index (χ1v) is 8.50. The summed E-state index contributed by atoms with van der Waals surface area (Å²) in [5.74, 6) is 1.28. The third kappa shape index (κ3) is 2.45. The zero-order valence-electron chi connectivity index (χ0n) is 12.2. The molecule has 1 atom stereocenters. The second-order valence-corrected chi connectivity index (χ2v) is 7.18. The van der Waals surface area contributed by atoms with Crippen LogP contribution in [-0.4, -0.2) is 41.4 Å². The number of fused-ring (bicyclic) bond motifs is 2. The molecule has 5 heteroatoms. The summed E-state index contributed by atoms with van der Waals surface area (Å²) in [5, 5.41) is 8.92. The van der Waals surface area contributed by atoms with E-state index in [0.29, 0.717) is 5.25 Å². The minimum atomic E-state index is 0.615. The lowest BCUT2D eigenvalue weighted by Gasteiger charge is -2.33. The van der Waals surface area contributed by atoms with E-state index in [0.717, 1.165) is 44.0 Å². The van der Waals surface area contributed by atoms with Crippen LogP contribution in [0.2, 0.25) is 0 Å². The van der Waals surface area contributed by atoms with Crippen molar-refractivity contribution in [3.05, 3.63) is 35.7 Å². The fourth-order valence-corrected chi connectivity index (χ4v) is 4.22. The molecule has 21 heavy (non-hydrogen) atoms. The van der Waals surface area contributed by atoms with Crippen LogP contribution in [0.25, 0.3) is 0 Å². The number of hydrogen-bond donors (Lipinski definition) is 2. The molecule has 4 nitrogen and oxygen atoms in total. The van der Waals surface area contributed by atoms with Crippen molar-refractivity contribution in [1.29, 1.82) is 0 Å². The zero-order valence-corrected chi connectivity index (χ0v) is 13.0. The molecule has 1 aromatic carbocycles. The number of para-hydroxylation sites is 2. The molecule has 0 spiro atoms. The number of nitrogens with one attached hydrogen (secondary N) is 2. The van der Waals surface area contributed by atoms with Gasteiger partial charge in [0, 0.05) is 37.0 Å². The van der Waals surface area contributed by atoms with E-state index < -0.39 is 0 Å². The van der Waals surface area contributed by atoms with E-state index in [9.17, 15) is 0 Å². The minimum Gasteiger partial charge on any atom is -0.355 e. The van der Waals surface area contributed by atoms with Crippen LogP contribution in [0.1, 0.15) is 13.3 Å². The molecular formula is C16H20N4S. The van der Waals surface area contributed by atoms with Gasteiger partial charge in [-0.2, -0.15) is 0 Å². The smallest absolute Gasteiger partial charge is 0.112 e. The van der Waals surface area contributed by atoms with Crippen molar-refractivity contribution in [2.75, 3.05) is 31.5 Å². The van der Waals surface area contributed by atoms with E-state index in [4.69, 9.17) is 4.99 Å². The van der Waals surface area contributed by atoms with Crippen molar-refractivity contribution in [1.82, 2.24) is 10.2 Å². The van der Waals surface area contributed by atoms with Crippen molar-refractivity contribution in [3.8, 4) is 0 Å². The van der Waals surface area contributed by atoms with Crippen molar-refractivity contribution >= 4 is 28.2 Å². The molecule has 0 radical (unpaired) electrons. The molecule has 3 heterocycles. The Hall–Kier alpha value is -1.46. The second kappa shape index (κ2) is 5.39. The van der Waals surface area contributed by atoms with Crippen LogP contribution in [0, 0.1) is 0 Å². The van der Waals surface area contributed by atoms with Gasteiger partial charge in [0.2, 0.25) is 0 Å². The van der Waals surface area contributed by atoms with Gasteiger partial charge in [-0.3, -0.25) is 0 Å². The molecule has 0 saturated carbocycles. The van der Waals surface area contributed by atoms with E-state index in [-0.39, 0.29) is 0 Å². The molecule has 1 aromatic rings. The number of hydrogen-bond acceptors (Lipinski definition) is 5. The lowest BCUT2D eigenvalue weighted by atomic mass is 10.1. The van der Waals surface area contributed by atoms with Crippen LogP contribution in [0.3, 0.4) is 0 Å². The first-order chi connectivity index (χ1) is 10.3. The summed E-state index contributed by atoms with van der Waals surface area (Å²) in [6.45, 7) is 6.50. The maximum Gasteiger partial charge on any atom is 0.112 e. The monoisotopic (exact) mass is 300 g/mol. The first kappa shape index (κ1) is 13.2. The molecule has 0 aliphatic carbocycles. The average Bonchev–Trinajstić information content (AvgIpc) is 2.80. The molecule has 0 amide bonds. The minimum absolute atomic E-state index is 0.615. The van der Waals surface area contributed by atoms with Crippen molar-refractivity contribution < 1.29 is 0 Å². The molecule has 1 unspecified atom stereocenters. The Morgan fingerprint density at radius 2 is 2.05 bits per heavy atom. The van der Waals surface area contributed by atoms with Crippen LogP contribution in [0.15, 0.2) is 40.7 Å². The number of thioether (sulfide) groups is 1. The summed E-state index contributed by atoms with van der Waals surface area (Å²) in [4.78, 5) is 7.39. The normalized spacial score (nSPS) is 24.9. The number of nitrogens with zero attached hydrogens (tertiary/aromatic N) is 2. The zero-order chi connectivity index (χ0) is 14.2. The van der Waals surface area contributed by atoms with E-state index in [1.54, 1.807) is 0 Å². The van der Waals surface area contributed by atoms with E-state index in [1.807, 2.05) is 11.8 Å². The van der Waals surface area contributed by atoms with Gasteiger partial charge in [0.1, 0.15) is 10.9 Å². The molecule has 3 aliphatic rings. The molecule has 3 aliphatic heterocycles. The van der Waals surface area contributed by atoms with Crippen LogP contribution >= 0.6 is 11.8 Å². The lowest BCUT2D eigenvalue weighted by molar-refractivity contribution is 0.300. The molecule has 0 bridgehead atoms.